The maximum atomic E-state index is 6.45. The van der Waals surface area contributed by atoms with Gasteiger partial charge in [0.1, 0.15) is 6.61 Å². The van der Waals surface area contributed by atoms with Crippen LogP contribution in [0.3, 0.4) is 0 Å². The van der Waals surface area contributed by atoms with E-state index in [0.29, 0.717) is 6.61 Å². The highest BCUT2D eigenvalue weighted by Crippen LogP contribution is 1.92. The third-order valence-corrected chi connectivity index (χ3v) is 1.19. The zero-order valence-corrected chi connectivity index (χ0v) is 9.30. The van der Waals surface area contributed by atoms with Crippen LogP contribution in [0, 0.1) is 6.92 Å². The molecule has 0 aliphatic rings. The van der Waals surface area contributed by atoms with Crippen LogP contribution in [0.4, 0.5) is 0 Å². The van der Waals surface area contributed by atoms with Crippen LogP contribution >= 0.6 is 0 Å². The highest BCUT2D eigenvalue weighted by atomic mass is 16.2. The van der Waals surface area contributed by atoms with Gasteiger partial charge in [-0.3, -0.25) is 0 Å². The Morgan fingerprint density at radius 2 is 1.46 bits per heavy atom. The second kappa shape index (κ2) is 13.7. The fraction of sp³-hybridized carbons (Fsp3) is 0.500. The highest BCUT2D eigenvalue weighted by Gasteiger charge is 1.72. The van der Waals surface area contributed by atoms with Gasteiger partial charge in [0, 0.05) is 6.42 Å². The van der Waals surface area contributed by atoms with Gasteiger partial charge in [0.05, 0.1) is 0 Å². The molecular weight excluding hydrogens is 160 g/mol. The maximum absolute atomic E-state index is 6.45. The van der Waals surface area contributed by atoms with E-state index in [2.05, 4.69) is 19.1 Å². The molecule has 0 aliphatic carbocycles. The molecule has 1 heteroatoms. The van der Waals surface area contributed by atoms with Crippen LogP contribution in [0.2, 0.25) is 0 Å². The Morgan fingerprint density at radius 3 is 1.62 bits per heavy atom. The molecule has 13 heavy (non-hydrogen) atoms. The highest BCUT2D eigenvalue weighted by molar-refractivity contribution is 5.11. The summed E-state index contributed by atoms with van der Waals surface area (Å²) >= 11 is 0. The van der Waals surface area contributed by atoms with E-state index in [-0.39, 0.29) is 0 Å². The van der Waals surface area contributed by atoms with Crippen molar-refractivity contribution >= 4 is 0 Å². The number of rotatable bonds is 1. The van der Waals surface area contributed by atoms with Crippen molar-refractivity contribution < 1.29 is 5.11 Å². The van der Waals surface area contributed by atoms with Crippen LogP contribution in [-0.4, -0.2) is 11.7 Å². The van der Waals surface area contributed by atoms with Gasteiger partial charge in [0.25, 0.3) is 0 Å². The zero-order chi connectivity index (χ0) is 10.5. The van der Waals surface area contributed by atoms with Gasteiger partial charge in [-0.2, -0.15) is 0 Å². The Labute approximate surface area is 82.4 Å². The minimum atomic E-state index is 0.569. The normalized spacial score (nSPS) is 7.46. The smallest absolute Gasteiger partial charge is 0.143 e. The molecule has 0 radical (unpaired) electrons. The summed E-state index contributed by atoms with van der Waals surface area (Å²) in [5.41, 5.74) is 1.32. The predicted molar refractivity (Wildman–Crippen MR) is 61.3 cm³/mol. The van der Waals surface area contributed by atoms with Crippen molar-refractivity contribution in [2.45, 2.75) is 34.1 Å². The van der Waals surface area contributed by atoms with Crippen molar-refractivity contribution in [3.05, 3.63) is 35.9 Å². The molecule has 0 saturated carbocycles. The van der Waals surface area contributed by atoms with Crippen LogP contribution in [0.25, 0.3) is 0 Å². The van der Waals surface area contributed by atoms with Gasteiger partial charge in [0.2, 0.25) is 0 Å². The van der Waals surface area contributed by atoms with Gasteiger partial charge in [0.15, 0.2) is 0 Å². The molecule has 0 bridgehead atoms. The number of hydrogen-bond donors (Lipinski definition) is 0. The molecular formula is C12H23O+. The molecule has 1 nitrogen and oxygen atoms in total. The first-order valence-electron chi connectivity index (χ1n) is 4.97. The monoisotopic (exact) mass is 183 g/mol. The molecule has 0 atom stereocenters. The molecule has 0 fully saturated rings. The molecule has 0 aromatic heterocycles. The summed E-state index contributed by atoms with van der Waals surface area (Å²) in [4.78, 5) is 0. The molecule has 0 heterocycles. The van der Waals surface area contributed by atoms with Crippen molar-refractivity contribution in [3.63, 3.8) is 0 Å². The number of benzene rings is 1. The lowest BCUT2D eigenvalue weighted by Crippen LogP contribution is -1.69. The fourth-order valence-corrected chi connectivity index (χ4v) is 0.534. The first-order chi connectivity index (χ1) is 6.31. The lowest BCUT2D eigenvalue weighted by molar-refractivity contribution is 0.295. The van der Waals surface area contributed by atoms with Gasteiger partial charge >= 0.3 is 0 Å². The molecule has 0 amide bonds. The summed E-state index contributed by atoms with van der Waals surface area (Å²) in [7, 11) is 0. The number of aryl methyl sites for hydroxylation is 1. The van der Waals surface area contributed by atoms with Crippen molar-refractivity contribution in [2.75, 3.05) is 6.61 Å². The SMILES string of the molecule is CC.CCC[OH2+].Cc1ccccc1. The third-order valence-electron chi connectivity index (χ3n) is 1.19. The molecule has 0 spiro atoms. The maximum Gasteiger partial charge on any atom is 0.143 e. The van der Waals surface area contributed by atoms with Crippen molar-refractivity contribution in [3.8, 4) is 0 Å². The van der Waals surface area contributed by atoms with Gasteiger partial charge in [-0.15, -0.1) is 0 Å². The molecule has 0 saturated heterocycles. The van der Waals surface area contributed by atoms with Crippen LogP contribution in [0.15, 0.2) is 30.3 Å². The quantitative estimate of drug-likeness (QED) is 0.597. The van der Waals surface area contributed by atoms with E-state index in [0.717, 1.165) is 6.42 Å². The molecule has 76 valence electrons. The molecule has 1 aromatic carbocycles. The predicted octanol–water partition coefficient (Wildman–Crippen LogP) is 3.14. The second-order valence-electron chi connectivity index (χ2n) is 2.40. The molecule has 0 aliphatic heterocycles. The van der Waals surface area contributed by atoms with E-state index in [9.17, 15) is 0 Å². The van der Waals surface area contributed by atoms with E-state index in [1.807, 2.05) is 39.0 Å². The fourth-order valence-electron chi connectivity index (χ4n) is 0.534. The van der Waals surface area contributed by atoms with Crippen LogP contribution in [-0.2, 0) is 0 Å². The van der Waals surface area contributed by atoms with Crippen LogP contribution in [0.5, 0.6) is 0 Å². The largest absolute Gasteiger partial charge is 0.445 e. The van der Waals surface area contributed by atoms with Crippen LogP contribution < -0.4 is 0 Å². The first kappa shape index (κ1) is 14.7. The van der Waals surface area contributed by atoms with Crippen LogP contribution in [0.1, 0.15) is 32.8 Å². The average molecular weight is 183 g/mol. The van der Waals surface area contributed by atoms with E-state index < -0.39 is 0 Å². The molecule has 0 unspecified atom stereocenters. The average Bonchev–Trinajstić information content (AvgIpc) is 2.22. The van der Waals surface area contributed by atoms with Gasteiger partial charge in [-0.05, 0) is 6.92 Å². The zero-order valence-electron chi connectivity index (χ0n) is 9.30. The minimum Gasteiger partial charge on any atom is -0.445 e. The number of hydrogen-bond acceptors (Lipinski definition) is 0. The Morgan fingerprint density at radius 1 is 1.08 bits per heavy atom. The van der Waals surface area contributed by atoms with Gasteiger partial charge in [-0.25, -0.2) is 0 Å². The topological polar surface area (TPSA) is 22.9 Å². The molecule has 2 N–H and O–H groups in total. The lowest BCUT2D eigenvalue weighted by atomic mass is 10.2. The Hall–Kier alpha value is -0.820. The summed E-state index contributed by atoms with van der Waals surface area (Å²) in [6.45, 7) is 8.65. The second-order valence-corrected chi connectivity index (χ2v) is 2.40. The lowest BCUT2D eigenvalue weighted by Gasteiger charge is -1.82. The van der Waals surface area contributed by atoms with Gasteiger partial charge < -0.3 is 5.11 Å². The Kier molecular flexibility index (Phi) is 15.5. The van der Waals surface area contributed by atoms with Crippen molar-refractivity contribution in [2.24, 2.45) is 0 Å². The van der Waals surface area contributed by atoms with E-state index in [1.54, 1.807) is 0 Å². The molecule has 1 rings (SSSR count). The first-order valence-corrected chi connectivity index (χ1v) is 4.97. The van der Waals surface area contributed by atoms with Gasteiger partial charge in [-0.1, -0.05) is 56.7 Å². The van der Waals surface area contributed by atoms with Crippen molar-refractivity contribution in [1.82, 2.24) is 0 Å². The Balaban J connectivity index is 0. The standard InChI is InChI=1S/C7H8.C3H8O.C2H6/c1-7-5-3-2-4-6-7;1-2-3-4;1-2/h2-6H,1H3;4H,2-3H2,1H3;1-2H3/p+1. The van der Waals surface area contributed by atoms with E-state index >= 15 is 0 Å². The van der Waals surface area contributed by atoms with E-state index in [4.69, 9.17) is 5.11 Å². The molecule has 1 aromatic rings. The summed E-state index contributed by atoms with van der Waals surface area (Å²) < 4.78 is 0. The van der Waals surface area contributed by atoms with E-state index in [1.165, 1.54) is 5.56 Å². The summed E-state index contributed by atoms with van der Waals surface area (Å²) in [6, 6.07) is 10.3. The third kappa shape index (κ3) is 14.1. The van der Waals surface area contributed by atoms with Crippen molar-refractivity contribution in [1.29, 1.82) is 0 Å². The Bertz CT molecular complexity index is 156. The summed E-state index contributed by atoms with van der Waals surface area (Å²) in [5.74, 6) is 0. The summed E-state index contributed by atoms with van der Waals surface area (Å²) in [5, 5.41) is 6.45. The summed E-state index contributed by atoms with van der Waals surface area (Å²) in [6.07, 6.45) is 0.986. The minimum absolute atomic E-state index is 0.569.